The van der Waals surface area contributed by atoms with Crippen LogP contribution in [0.5, 0.6) is 0 Å². The molecule has 0 unspecified atom stereocenters. The zero-order chi connectivity index (χ0) is 16.1. The van der Waals surface area contributed by atoms with E-state index in [1.54, 1.807) is 12.3 Å². The highest BCUT2D eigenvalue weighted by molar-refractivity contribution is 5.96. The van der Waals surface area contributed by atoms with Crippen molar-refractivity contribution in [2.24, 2.45) is 5.92 Å². The van der Waals surface area contributed by atoms with Crippen molar-refractivity contribution in [1.82, 2.24) is 20.0 Å². The molecule has 2 aromatic rings. The number of ketones is 1. The van der Waals surface area contributed by atoms with E-state index in [0.29, 0.717) is 18.1 Å². The summed E-state index contributed by atoms with van der Waals surface area (Å²) < 4.78 is 5.30. The van der Waals surface area contributed by atoms with Gasteiger partial charge in [0, 0.05) is 25.1 Å². The van der Waals surface area contributed by atoms with Gasteiger partial charge in [0.1, 0.15) is 5.69 Å². The number of aromatic nitrogens is 3. The first kappa shape index (κ1) is 15.8. The summed E-state index contributed by atoms with van der Waals surface area (Å²) in [6.07, 6.45) is 5.42. The Bertz CT molecular complexity index is 641. The van der Waals surface area contributed by atoms with E-state index in [-0.39, 0.29) is 11.7 Å². The maximum absolute atomic E-state index is 12.5. The lowest BCUT2D eigenvalue weighted by Gasteiger charge is -2.30. The van der Waals surface area contributed by atoms with Crippen LogP contribution >= 0.6 is 0 Å². The Labute approximate surface area is 135 Å². The average Bonchev–Trinajstić information content (AvgIpc) is 3.03. The summed E-state index contributed by atoms with van der Waals surface area (Å²) in [5.41, 5.74) is 0.558. The Morgan fingerprint density at radius 1 is 1.43 bits per heavy atom. The van der Waals surface area contributed by atoms with Crippen LogP contribution in [0.4, 0.5) is 0 Å². The molecule has 6 nitrogen and oxygen atoms in total. The van der Waals surface area contributed by atoms with Crippen LogP contribution < -0.4 is 0 Å². The maximum Gasteiger partial charge on any atom is 0.240 e. The second kappa shape index (κ2) is 7.46. The fraction of sp³-hybridized carbons (Fsp3) is 0.529. The summed E-state index contributed by atoms with van der Waals surface area (Å²) in [7, 11) is 0. The number of carbonyl (C=O) groups is 1. The molecule has 0 amide bonds. The number of aryl methyl sites for hydroxylation is 1. The van der Waals surface area contributed by atoms with Crippen molar-refractivity contribution in [2.45, 2.75) is 39.2 Å². The fourth-order valence-electron chi connectivity index (χ4n) is 3.00. The zero-order valence-corrected chi connectivity index (χ0v) is 13.4. The highest BCUT2D eigenvalue weighted by Crippen LogP contribution is 2.21. The normalized spacial score (nSPS) is 18.9. The van der Waals surface area contributed by atoms with Crippen molar-refractivity contribution >= 4 is 5.78 Å². The minimum Gasteiger partial charge on any atom is -0.338 e. The Morgan fingerprint density at radius 3 is 3.13 bits per heavy atom. The number of piperidine rings is 1. The van der Waals surface area contributed by atoms with E-state index in [2.05, 4.69) is 26.9 Å². The highest BCUT2D eigenvalue weighted by atomic mass is 16.5. The molecule has 1 aliphatic heterocycles. The Hall–Kier alpha value is -2.08. The molecule has 0 saturated carbocycles. The number of hydrogen-bond donors (Lipinski definition) is 0. The van der Waals surface area contributed by atoms with Gasteiger partial charge in [0.05, 0.1) is 6.54 Å². The van der Waals surface area contributed by atoms with Gasteiger partial charge in [-0.1, -0.05) is 18.1 Å². The second-order valence-corrected chi connectivity index (χ2v) is 6.01. The van der Waals surface area contributed by atoms with Gasteiger partial charge in [-0.15, -0.1) is 0 Å². The molecule has 1 atom stereocenters. The van der Waals surface area contributed by atoms with E-state index in [1.165, 1.54) is 0 Å². The van der Waals surface area contributed by atoms with E-state index < -0.39 is 0 Å². The van der Waals surface area contributed by atoms with Crippen LogP contribution in [0.2, 0.25) is 0 Å². The summed E-state index contributed by atoms with van der Waals surface area (Å²) in [5, 5.41) is 3.98. The first-order valence-electron chi connectivity index (χ1n) is 8.25. The number of Topliss-reactive ketones (excluding diaryl/α,β-unsaturated/α-hetero) is 1. The van der Waals surface area contributed by atoms with Gasteiger partial charge in [-0.3, -0.25) is 14.7 Å². The van der Waals surface area contributed by atoms with Crippen LogP contribution in [0.3, 0.4) is 0 Å². The van der Waals surface area contributed by atoms with Gasteiger partial charge in [-0.25, -0.2) is 0 Å². The SMILES string of the molecule is CCCc1noc(CN2CCC[C@@H](C(=O)c3ccccn3)C2)n1. The van der Waals surface area contributed by atoms with E-state index in [4.69, 9.17) is 4.52 Å². The summed E-state index contributed by atoms with van der Waals surface area (Å²) in [6, 6.07) is 5.47. The Balaban J connectivity index is 1.60. The minimum absolute atomic E-state index is 0.00307. The van der Waals surface area contributed by atoms with Gasteiger partial charge in [-0.05, 0) is 37.9 Å². The Kier molecular flexibility index (Phi) is 5.12. The second-order valence-electron chi connectivity index (χ2n) is 6.01. The van der Waals surface area contributed by atoms with Crippen LogP contribution in [0.1, 0.15) is 48.4 Å². The first-order chi connectivity index (χ1) is 11.3. The standard InChI is InChI=1S/C17H22N4O2/c1-2-6-15-19-16(23-20-15)12-21-10-5-7-13(11-21)17(22)14-8-3-4-9-18-14/h3-4,8-9,13H,2,5-7,10-12H2,1H3/t13-/m1/s1. The molecule has 3 heterocycles. The molecule has 3 rings (SSSR count). The lowest BCUT2D eigenvalue weighted by Crippen LogP contribution is -2.38. The molecule has 0 aromatic carbocycles. The third-order valence-corrected chi connectivity index (χ3v) is 4.14. The monoisotopic (exact) mass is 314 g/mol. The number of hydrogen-bond acceptors (Lipinski definition) is 6. The molecule has 122 valence electrons. The third kappa shape index (κ3) is 4.01. The van der Waals surface area contributed by atoms with Gasteiger partial charge in [0.15, 0.2) is 11.6 Å². The molecule has 1 saturated heterocycles. The van der Waals surface area contributed by atoms with E-state index >= 15 is 0 Å². The first-order valence-corrected chi connectivity index (χ1v) is 8.25. The molecule has 1 fully saturated rings. The van der Waals surface area contributed by atoms with Crippen molar-refractivity contribution in [3.63, 3.8) is 0 Å². The van der Waals surface area contributed by atoms with Crippen molar-refractivity contribution in [3.8, 4) is 0 Å². The molecular formula is C17H22N4O2. The summed E-state index contributed by atoms with van der Waals surface area (Å²) in [5.74, 6) is 1.53. The average molecular weight is 314 g/mol. The molecule has 2 aromatic heterocycles. The van der Waals surface area contributed by atoms with E-state index in [9.17, 15) is 4.79 Å². The maximum atomic E-state index is 12.5. The minimum atomic E-state index is -0.00307. The van der Waals surface area contributed by atoms with Crippen molar-refractivity contribution < 1.29 is 9.32 Å². The number of carbonyl (C=O) groups excluding carboxylic acids is 1. The van der Waals surface area contributed by atoms with Gasteiger partial charge in [0.25, 0.3) is 0 Å². The predicted octanol–water partition coefficient (Wildman–Crippen LogP) is 2.51. The van der Waals surface area contributed by atoms with Crippen LogP contribution in [0, 0.1) is 5.92 Å². The molecule has 23 heavy (non-hydrogen) atoms. The van der Waals surface area contributed by atoms with Crippen LogP contribution in [0.25, 0.3) is 0 Å². The number of nitrogens with zero attached hydrogens (tertiary/aromatic N) is 4. The van der Waals surface area contributed by atoms with Gasteiger partial charge < -0.3 is 4.52 Å². The Morgan fingerprint density at radius 2 is 2.35 bits per heavy atom. The predicted molar refractivity (Wildman–Crippen MR) is 84.9 cm³/mol. The molecule has 6 heteroatoms. The molecule has 0 spiro atoms. The highest BCUT2D eigenvalue weighted by Gasteiger charge is 2.28. The topological polar surface area (TPSA) is 72.1 Å². The summed E-state index contributed by atoms with van der Waals surface area (Å²) in [6.45, 7) is 4.38. The lowest BCUT2D eigenvalue weighted by atomic mass is 9.92. The van der Waals surface area contributed by atoms with E-state index in [0.717, 1.165) is 44.6 Å². The van der Waals surface area contributed by atoms with Crippen LogP contribution in [-0.4, -0.2) is 38.9 Å². The smallest absolute Gasteiger partial charge is 0.240 e. The third-order valence-electron chi connectivity index (χ3n) is 4.14. The molecule has 0 radical (unpaired) electrons. The molecule has 0 N–H and O–H groups in total. The number of rotatable bonds is 6. The van der Waals surface area contributed by atoms with Crippen molar-refractivity contribution in [1.29, 1.82) is 0 Å². The number of likely N-dealkylation sites (tertiary alicyclic amines) is 1. The van der Waals surface area contributed by atoms with Gasteiger partial charge >= 0.3 is 0 Å². The van der Waals surface area contributed by atoms with Gasteiger partial charge in [0.2, 0.25) is 5.89 Å². The van der Waals surface area contributed by atoms with Crippen molar-refractivity contribution in [3.05, 3.63) is 41.8 Å². The summed E-state index contributed by atoms with van der Waals surface area (Å²) >= 11 is 0. The molecule has 0 bridgehead atoms. The fourth-order valence-corrected chi connectivity index (χ4v) is 3.00. The number of pyridine rings is 1. The summed E-state index contributed by atoms with van der Waals surface area (Å²) in [4.78, 5) is 23.4. The van der Waals surface area contributed by atoms with Crippen molar-refractivity contribution in [2.75, 3.05) is 13.1 Å². The largest absolute Gasteiger partial charge is 0.338 e. The molecule has 1 aliphatic rings. The van der Waals surface area contributed by atoms with Gasteiger partial charge in [-0.2, -0.15) is 4.98 Å². The molecule has 0 aliphatic carbocycles. The van der Waals surface area contributed by atoms with Crippen LogP contribution in [0.15, 0.2) is 28.9 Å². The van der Waals surface area contributed by atoms with E-state index in [1.807, 2.05) is 12.1 Å². The lowest BCUT2D eigenvalue weighted by molar-refractivity contribution is 0.0792. The molecular weight excluding hydrogens is 292 g/mol. The van der Waals surface area contributed by atoms with Crippen LogP contribution in [-0.2, 0) is 13.0 Å². The zero-order valence-electron chi connectivity index (χ0n) is 13.4. The quantitative estimate of drug-likeness (QED) is 0.763.